The van der Waals surface area contributed by atoms with Crippen molar-refractivity contribution in [2.45, 2.75) is 57.1 Å². The van der Waals surface area contributed by atoms with Crippen LogP contribution in [-0.4, -0.2) is 96.8 Å². The molecule has 0 aromatic rings. The van der Waals surface area contributed by atoms with Crippen molar-refractivity contribution in [3.8, 4) is 0 Å². The van der Waals surface area contributed by atoms with E-state index >= 15 is 0 Å². The molecule has 0 bridgehead atoms. The molecule has 3 aliphatic heterocycles. The number of aliphatic hydroxyl groups is 1. The van der Waals surface area contributed by atoms with E-state index in [-0.39, 0.29) is 11.6 Å². The second-order valence-corrected chi connectivity index (χ2v) is 8.13. The third kappa shape index (κ3) is 4.66. The average molecular weight is 352 g/mol. The number of likely N-dealkylation sites (tertiary alicyclic amines) is 3. The van der Waals surface area contributed by atoms with Crippen LogP contribution in [0.15, 0.2) is 4.99 Å². The molecule has 25 heavy (non-hydrogen) atoms. The lowest BCUT2D eigenvalue weighted by Gasteiger charge is -2.49. The second-order valence-electron chi connectivity index (χ2n) is 8.13. The number of nitrogens with zero attached hydrogens (tertiary/aromatic N) is 4. The number of piperidine rings is 2. The van der Waals surface area contributed by atoms with Crippen LogP contribution in [-0.2, 0) is 0 Å². The Morgan fingerprint density at radius 1 is 1.12 bits per heavy atom. The minimum atomic E-state index is -0.205. The summed E-state index contributed by atoms with van der Waals surface area (Å²) in [6, 6.07) is 0. The molecule has 0 spiro atoms. The number of aliphatic imine (C=N–C) groups is 1. The minimum absolute atomic E-state index is 0.205. The predicted molar refractivity (Wildman–Crippen MR) is 103 cm³/mol. The van der Waals surface area contributed by atoms with Gasteiger partial charge in [0.15, 0.2) is 5.96 Å². The van der Waals surface area contributed by atoms with Gasteiger partial charge in [0.1, 0.15) is 0 Å². The van der Waals surface area contributed by atoms with Crippen LogP contribution in [0, 0.1) is 0 Å². The van der Waals surface area contributed by atoms with Crippen LogP contribution < -0.4 is 5.32 Å². The first-order chi connectivity index (χ1) is 12.1. The highest BCUT2D eigenvalue weighted by molar-refractivity contribution is 5.80. The SMILES string of the molecule is CCNC(=NCC1(N2CCCCC2)CCN(C)CC1)N1CC[C@@H](O)C1. The number of hydrogen-bond acceptors (Lipinski definition) is 4. The summed E-state index contributed by atoms with van der Waals surface area (Å²) >= 11 is 0. The number of β-amino-alcohol motifs (C(OH)–C–C–N with tert-alkyl or cyclic N) is 1. The van der Waals surface area contributed by atoms with Crippen molar-refractivity contribution in [1.82, 2.24) is 20.0 Å². The van der Waals surface area contributed by atoms with Crippen LogP contribution in [0.25, 0.3) is 0 Å². The van der Waals surface area contributed by atoms with Crippen molar-refractivity contribution in [1.29, 1.82) is 0 Å². The molecule has 6 heteroatoms. The molecule has 2 N–H and O–H groups in total. The van der Waals surface area contributed by atoms with Gasteiger partial charge in [0.05, 0.1) is 12.6 Å². The lowest BCUT2D eigenvalue weighted by molar-refractivity contribution is 0.0206. The van der Waals surface area contributed by atoms with Crippen LogP contribution in [0.1, 0.15) is 45.4 Å². The third-order valence-corrected chi connectivity index (χ3v) is 6.27. The fraction of sp³-hybridized carbons (Fsp3) is 0.947. The van der Waals surface area contributed by atoms with E-state index in [1.165, 1.54) is 58.3 Å². The van der Waals surface area contributed by atoms with E-state index in [2.05, 4.69) is 34.0 Å². The molecule has 6 nitrogen and oxygen atoms in total. The molecule has 3 saturated heterocycles. The van der Waals surface area contributed by atoms with Gasteiger partial charge < -0.3 is 20.2 Å². The largest absolute Gasteiger partial charge is 0.391 e. The average Bonchev–Trinajstić information content (AvgIpc) is 3.07. The van der Waals surface area contributed by atoms with E-state index in [9.17, 15) is 5.11 Å². The molecule has 0 aromatic heterocycles. The van der Waals surface area contributed by atoms with E-state index in [0.717, 1.165) is 32.0 Å². The van der Waals surface area contributed by atoms with Crippen molar-refractivity contribution in [3.63, 3.8) is 0 Å². The van der Waals surface area contributed by atoms with Crippen LogP contribution >= 0.6 is 0 Å². The Balaban J connectivity index is 1.73. The van der Waals surface area contributed by atoms with Gasteiger partial charge in [-0.1, -0.05) is 6.42 Å². The quantitative estimate of drug-likeness (QED) is 0.584. The summed E-state index contributed by atoms with van der Waals surface area (Å²) in [6.07, 6.45) is 7.13. The van der Waals surface area contributed by atoms with Gasteiger partial charge >= 0.3 is 0 Å². The van der Waals surface area contributed by atoms with E-state index in [1.54, 1.807) is 0 Å². The normalized spacial score (nSPS) is 29.2. The van der Waals surface area contributed by atoms with Crippen LogP contribution in [0.4, 0.5) is 0 Å². The van der Waals surface area contributed by atoms with Crippen LogP contribution in [0.3, 0.4) is 0 Å². The van der Waals surface area contributed by atoms with Gasteiger partial charge in [0.25, 0.3) is 0 Å². The third-order valence-electron chi connectivity index (χ3n) is 6.27. The van der Waals surface area contributed by atoms with Crippen LogP contribution in [0.2, 0.25) is 0 Å². The zero-order valence-electron chi connectivity index (χ0n) is 16.2. The highest BCUT2D eigenvalue weighted by Gasteiger charge is 2.39. The van der Waals surface area contributed by atoms with Gasteiger partial charge in [-0.05, 0) is 72.3 Å². The first kappa shape index (κ1) is 18.9. The standard InChI is InChI=1S/C19H37N5O/c1-3-20-18(23-12-7-17(25)15-23)21-16-19(8-13-22(2)14-9-19)24-10-5-4-6-11-24/h17,25H,3-16H2,1-2H3,(H,20,21)/t17-/m1/s1. The maximum absolute atomic E-state index is 9.88. The molecule has 3 aliphatic rings. The summed E-state index contributed by atoms with van der Waals surface area (Å²) in [5, 5.41) is 13.3. The van der Waals surface area contributed by atoms with Gasteiger partial charge in [-0.15, -0.1) is 0 Å². The fourth-order valence-corrected chi connectivity index (χ4v) is 4.56. The second kappa shape index (κ2) is 8.69. The summed E-state index contributed by atoms with van der Waals surface area (Å²) in [4.78, 5) is 12.5. The Bertz CT molecular complexity index is 441. The molecule has 0 saturated carbocycles. The molecular formula is C19H37N5O. The molecule has 3 rings (SSSR count). The summed E-state index contributed by atoms with van der Waals surface area (Å²) in [5.74, 6) is 0.995. The summed E-state index contributed by atoms with van der Waals surface area (Å²) < 4.78 is 0. The lowest BCUT2D eigenvalue weighted by atomic mass is 9.84. The summed E-state index contributed by atoms with van der Waals surface area (Å²) in [6.45, 7) is 10.3. The summed E-state index contributed by atoms with van der Waals surface area (Å²) in [5.41, 5.74) is 0.228. The Morgan fingerprint density at radius 3 is 2.44 bits per heavy atom. The Kier molecular flexibility index (Phi) is 6.58. The number of hydrogen-bond donors (Lipinski definition) is 2. The molecule has 144 valence electrons. The smallest absolute Gasteiger partial charge is 0.194 e. The van der Waals surface area contributed by atoms with Crippen molar-refractivity contribution < 1.29 is 5.11 Å². The first-order valence-electron chi connectivity index (χ1n) is 10.3. The highest BCUT2D eigenvalue weighted by atomic mass is 16.3. The predicted octanol–water partition coefficient (Wildman–Crippen LogP) is 0.969. The van der Waals surface area contributed by atoms with E-state index in [0.29, 0.717) is 6.54 Å². The topological polar surface area (TPSA) is 54.3 Å². The monoisotopic (exact) mass is 351 g/mol. The molecule has 0 amide bonds. The van der Waals surface area contributed by atoms with Gasteiger partial charge in [-0.3, -0.25) is 9.89 Å². The number of guanidine groups is 1. The van der Waals surface area contributed by atoms with E-state index in [1.807, 2.05) is 0 Å². The number of aliphatic hydroxyl groups excluding tert-OH is 1. The van der Waals surface area contributed by atoms with Crippen molar-refractivity contribution in [3.05, 3.63) is 0 Å². The minimum Gasteiger partial charge on any atom is -0.391 e. The molecule has 0 aliphatic carbocycles. The van der Waals surface area contributed by atoms with Gasteiger partial charge in [-0.25, -0.2) is 0 Å². The van der Waals surface area contributed by atoms with Crippen LogP contribution in [0.5, 0.6) is 0 Å². The molecule has 3 fully saturated rings. The molecule has 1 atom stereocenters. The zero-order valence-corrected chi connectivity index (χ0v) is 16.2. The van der Waals surface area contributed by atoms with Gasteiger partial charge in [0.2, 0.25) is 0 Å². The van der Waals surface area contributed by atoms with E-state index < -0.39 is 0 Å². The van der Waals surface area contributed by atoms with Crippen molar-refractivity contribution in [2.75, 3.05) is 59.4 Å². The summed E-state index contributed by atoms with van der Waals surface area (Å²) in [7, 11) is 2.24. The Labute approximate surface area is 153 Å². The maximum Gasteiger partial charge on any atom is 0.194 e. The van der Waals surface area contributed by atoms with Crippen molar-refractivity contribution >= 4 is 5.96 Å². The lowest BCUT2D eigenvalue weighted by Crippen LogP contribution is -2.58. The van der Waals surface area contributed by atoms with Gasteiger partial charge in [-0.2, -0.15) is 0 Å². The number of rotatable bonds is 4. The van der Waals surface area contributed by atoms with E-state index in [4.69, 9.17) is 4.99 Å². The Hall–Kier alpha value is -0.850. The molecule has 0 aromatic carbocycles. The molecule has 0 radical (unpaired) electrons. The number of nitrogens with one attached hydrogen (secondary N) is 1. The van der Waals surface area contributed by atoms with Crippen molar-refractivity contribution in [2.24, 2.45) is 4.99 Å². The highest BCUT2D eigenvalue weighted by Crippen LogP contribution is 2.31. The molecule has 3 heterocycles. The maximum atomic E-state index is 9.88. The zero-order chi connectivity index (χ0) is 17.7. The Morgan fingerprint density at radius 2 is 1.84 bits per heavy atom. The molecule has 0 unspecified atom stereocenters. The fourth-order valence-electron chi connectivity index (χ4n) is 4.56. The first-order valence-corrected chi connectivity index (χ1v) is 10.3. The molecular weight excluding hydrogens is 314 g/mol. The van der Waals surface area contributed by atoms with Gasteiger partial charge in [0, 0.05) is 25.2 Å².